The van der Waals surface area contributed by atoms with Crippen LogP contribution in [-0.4, -0.2) is 62.3 Å². The molecular weight excluding hydrogens is 450 g/mol. The molecule has 0 radical (unpaired) electrons. The number of hydrogen-bond acceptors (Lipinski definition) is 7. The summed E-state index contributed by atoms with van der Waals surface area (Å²) < 4.78 is 31.2. The number of nitrogens with one attached hydrogen (secondary N) is 2. The first kappa shape index (κ1) is 24.4. The average Bonchev–Trinajstić information content (AvgIpc) is 3.41. The Morgan fingerprint density at radius 2 is 2.06 bits per heavy atom. The minimum absolute atomic E-state index is 0.0164. The standard InChI is InChI=1S/C21H31N5O4S2/c1-21(2,15-5-7-17(30-3)8-6-15)18-14-31-20(24-18)25-19(27)23-10-4-12-32(28,29)26-11-9-16(22)13-26/h5-8,14,16H,4,9-13,22H2,1-3H3,(H2,23,24,25,27). The molecule has 2 amide bonds. The van der Waals surface area contributed by atoms with Crippen molar-refractivity contribution in [2.24, 2.45) is 5.73 Å². The van der Waals surface area contributed by atoms with Crippen LogP contribution in [0.3, 0.4) is 0 Å². The third-order valence-corrected chi connectivity index (χ3v) is 8.30. The molecule has 1 atom stereocenters. The fraction of sp³-hybridized carbons (Fsp3) is 0.524. The van der Waals surface area contributed by atoms with Gasteiger partial charge in [-0.25, -0.2) is 22.5 Å². The van der Waals surface area contributed by atoms with Crippen LogP contribution in [0.4, 0.5) is 9.93 Å². The summed E-state index contributed by atoms with van der Waals surface area (Å²) in [5.74, 6) is 0.774. The second kappa shape index (κ2) is 10.2. The largest absolute Gasteiger partial charge is 0.497 e. The molecule has 1 aliphatic heterocycles. The van der Waals surface area contributed by atoms with E-state index in [4.69, 9.17) is 10.5 Å². The number of methoxy groups -OCH3 is 1. The Morgan fingerprint density at radius 3 is 2.69 bits per heavy atom. The van der Waals surface area contributed by atoms with Gasteiger partial charge in [0.05, 0.1) is 18.6 Å². The molecular formula is C21H31N5O4S2. The van der Waals surface area contributed by atoms with E-state index in [1.807, 2.05) is 29.6 Å². The van der Waals surface area contributed by atoms with Crippen LogP contribution in [0.5, 0.6) is 5.75 Å². The highest BCUT2D eigenvalue weighted by molar-refractivity contribution is 7.89. The number of sulfonamides is 1. The van der Waals surface area contributed by atoms with E-state index in [0.29, 0.717) is 31.1 Å². The lowest BCUT2D eigenvalue weighted by Gasteiger charge is -2.23. The van der Waals surface area contributed by atoms with Crippen molar-refractivity contribution in [3.05, 3.63) is 40.9 Å². The van der Waals surface area contributed by atoms with E-state index >= 15 is 0 Å². The van der Waals surface area contributed by atoms with Crippen molar-refractivity contribution in [3.63, 3.8) is 0 Å². The molecule has 1 aliphatic rings. The summed E-state index contributed by atoms with van der Waals surface area (Å²) in [4.78, 5) is 16.8. The van der Waals surface area contributed by atoms with Crippen LogP contribution in [0.25, 0.3) is 0 Å². The molecule has 9 nitrogen and oxygen atoms in total. The number of urea groups is 1. The SMILES string of the molecule is COc1ccc(C(C)(C)c2csc(NC(=O)NCCCS(=O)(=O)N3CCC(N)C3)n2)cc1. The van der Waals surface area contributed by atoms with Crippen molar-refractivity contribution in [2.75, 3.05) is 37.8 Å². The van der Waals surface area contributed by atoms with Gasteiger partial charge in [-0.1, -0.05) is 26.0 Å². The van der Waals surface area contributed by atoms with Crippen molar-refractivity contribution < 1.29 is 17.9 Å². The number of nitrogens with zero attached hydrogens (tertiary/aromatic N) is 2. The zero-order chi connectivity index (χ0) is 23.4. The van der Waals surface area contributed by atoms with Crippen LogP contribution < -0.4 is 21.1 Å². The lowest BCUT2D eigenvalue weighted by Crippen LogP contribution is -2.35. The van der Waals surface area contributed by atoms with Gasteiger partial charge >= 0.3 is 6.03 Å². The summed E-state index contributed by atoms with van der Waals surface area (Å²) in [5, 5.41) is 7.82. The van der Waals surface area contributed by atoms with Crippen LogP contribution >= 0.6 is 11.3 Å². The molecule has 1 aromatic heterocycles. The molecule has 11 heteroatoms. The highest BCUT2D eigenvalue weighted by Crippen LogP contribution is 2.34. The molecule has 0 saturated carbocycles. The second-order valence-corrected chi connectivity index (χ2v) is 11.3. The number of carbonyl (C=O) groups excluding carboxylic acids is 1. The van der Waals surface area contributed by atoms with Gasteiger partial charge in [0.1, 0.15) is 5.75 Å². The zero-order valence-electron chi connectivity index (χ0n) is 18.6. The van der Waals surface area contributed by atoms with Crippen LogP contribution in [0.15, 0.2) is 29.6 Å². The monoisotopic (exact) mass is 481 g/mol. The number of aromatic nitrogens is 1. The number of anilines is 1. The Balaban J connectivity index is 1.48. The number of benzene rings is 1. The maximum absolute atomic E-state index is 12.3. The molecule has 32 heavy (non-hydrogen) atoms. The molecule has 176 valence electrons. The van der Waals surface area contributed by atoms with E-state index in [-0.39, 0.29) is 23.8 Å². The van der Waals surface area contributed by atoms with Gasteiger partial charge < -0.3 is 15.8 Å². The molecule has 0 aliphatic carbocycles. The first-order valence-electron chi connectivity index (χ1n) is 10.5. The Labute approximate surface area is 193 Å². The summed E-state index contributed by atoms with van der Waals surface area (Å²) in [6.45, 7) is 5.23. The lowest BCUT2D eigenvalue weighted by molar-refractivity contribution is 0.252. The number of carbonyl (C=O) groups is 1. The lowest BCUT2D eigenvalue weighted by atomic mass is 9.82. The topological polar surface area (TPSA) is 127 Å². The van der Waals surface area contributed by atoms with Crippen molar-refractivity contribution in [1.82, 2.24) is 14.6 Å². The second-order valence-electron chi connectivity index (χ2n) is 8.35. The molecule has 2 heterocycles. The molecule has 4 N–H and O–H groups in total. The smallest absolute Gasteiger partial charge is 0.321 e. The number of nitrogens with two attached hydrogens (primary N) is 1. The van der Waals surface area contributed by atoms with Crippen molar-refractivity contribution in [3.8, 4) is 5.75 Å². The number of amides is 2. The van der Waals surface area contributed by atoms with E-state index < -0.39 is 16.1 Å². The Bertz CT molecular complexity index is 1020. The van der Waals surface area contributed by atoms with Crippen LogP contribution in [-0.2, 0) is 15.4 Å². The van der Waals surface area contributed by atoms with E-state index in [9.17, 15) is 13.2 Å². The van der Waals surface area contributed by atoms with Crippen LogP contribution in [0.2, 0.25) is 0 Å². The molecule has 3 rings (SSSR count). The molecule has 1 unspecified atom stereocenters. The third-order valence-electron chi connectivity index (χ3n) is 5.62. The molecule has 0 bridgehead atoms. The Kier molecular flexibility index (Phi) is 7.75. The maximum Gasteiger partial charge on any atom is 0.321 e. The van der Waals surface area contributed by atoms with E-state index in [2.05, 4.69) is 29.5 Å². The summed E-state index contributed by atoms with van der Waals surface area (Å²) in [7, 11) is -1.70. The quantitative estimate of drug-likeness (QED) is 0.472. The van der Waals surface area contributed by atoms with Gasteiger partial charge in [-0.2, -0.15) is 0 Å². The molecule has 1 aromatic carbocycles. The van der Waals surface area contributed by atoms with Gasteiger partial charge in [0.2, 0.25) is 10.0 Å². The summed E-state index contributed by atoms with van der Waals surface area (Å²) in [6, 6.07) is 7.33. The fourth-order valence-electron chi connectivity index (χ4n) is 3.51. The van der Waals surface area contributed by atoms with E-state index in [1.54, 1.807) is 7.11 Å². The van der Waals surface area contributed by atoms with Crippen LogP contribution in [0.1, 0.15) is 37.9 Å². The van der Waals surface area contributed by atoms with Gasteiger partial charge in [0.15, 0.2) is 5.13 Å². The first-order valence-corrected chi connectivity index (χ1v) is 13.0. The molecule has 1 fully saturated rings. The van der Waals surface area contributed by atoms with Crippen LogP contribution in [0, 0.1) is 0 Å². The Morgan fingerprint density at radius 1 is 1.34 bits per heavy atom. The summed E-state index contributed by atoms with van der Waals surface area (Å²) >= 11 is 1.35. The number of thiazole rings is 1. The van der Waals surface area contributed by atoms with Gasteiger partial charge in [-0.15, -0.1) is 11.3 Å². The minimum Gasteiger partial charge on any atom is -0.497 e. The maximum atomic E-state index is 12.3. The summed E-state index contributed by atoms with van der Waals surface area (Å²) in [5.41, 5.74) is 7.37. The highest BCUT2D eigenvalue weighted by Gasteiger charge is 2.29. The number of ether oxygens (including phenoxy) is 1. The Hall–Kier alpha value is -2.21. The van der Waals surface area contributed by atoms with Crippen molar-refractivity contribution >= 4 is 32.5 Å². The molecule has 0 spiro atoms. The van der Waals surface area contributed by atoms with Crippen molar-refractivity contribution in [2.45, 2.75) is 38.1 Å². The summed E-state index contributed by atoms with van der Waals surface area (Å²) in [6.07, 6.45) is 1.01. The molecule has 2 aromatic rings. The average molecular weight is 482 g/mol. The predicted molar refractivity (Wildman–Crippen MR) is 127 cm³/mol. The van der Waals surface area contributed by atoms with Gasteiger partial charge in [0, 0.05) is 36.5 Å². The fourth-order valence-corrected chi connectivity index (χ4v) is 5.95. The number of hydrogen-bond donors (Lipinski definition) is 3. The van der Waals surface area contributed by atoms with E-state index in [1.165, 1.54) is 15.6 Å². The van der Waals surface area contributed by atoms with Gasteiger partial charge in [-0.3, -0.25) is 5.32 Å². The third kappa shape index (κ3) is 5.97. The zero-order valence-corrected chi connectivity index (χ0v) is 20.3. The molecule has 1 saturated heterocycles. The minimum atomic E-state index is -3.33. The first-order chi connectivity index (χ1) is 15.1. The number of rotatable bonds is 9. The normalized spacial score (nSPS) is 17.3. The van der Waals surface area contributed by atoms with Gasteiger partial charge in [0.25, 0.3) is 0 Å². The van der Waals surface area contributed by atoms with Gasteiger partial charge in [-0.05, 0) is 30.5 Å². The van der Waals surface area contributed by atoms with Crippen molar-refractivity contribution in [1.29, 1.82) is 0 Å². The highest BCUT2D eigenvalue weighted by atomic mass is 32.2. The van der Waals surface area contributed by atoms with E-state index in [0.717, 1.165) is 17.0 Å². The predicted octanol–water partition coefficient (Wildman–Crippen LogP) is 2.35.